The normalized spacial score (nSPS) is 13.3. The van der Waals surface area contributed by atoms with Gasteiger partial charge in [-0.3, -0.25) is 4.79 Å². The Hall–Kier alpha value is -0.640. The molecule has 1 atom stereocenters. The third-order valence-electron chi connectivity index (χ3n) is 3.32. The van der Waals surface area contributed by atoms with Crippen LogP contribution in [0, 0.1) is 5.92 Å². The van der Waals surface area contributed by atoms with Gasteiger partial charge in [-0.2, -0.15) is 0 Å². The lowest BCUT2D eigenvalue weighted by atomic mass is 9.95. The molecule has 0 aromatic rings. The van der Waals surface area contributed by atoms with Crippen LogP contribution in [-0.2, 0) is 4.79 Å². The number of hydrogen-bond donors (Lipinski definition) is 1. The minimum absolute atomic E-state index is 0.0428. The molecule has 0 saturated carbocycles. The Morgan fingerprint density at radius 1 is 1.44 bits per heavy atom. The number of nitrogens with zero attached hydrogens (tertiary/aromatic N) is 1. The molecule has 0 spiro atoms. The molecule has 3 nitrogen and oxygen atoms in total. The van der Waals surface area contributed by atoms with Crippen LogP contribution in [0.2, 0.25) is 0 Å². The third kappa shape index (κ3) is 3.74. The van der Waals surface area contributed by atoms with Gasteiger partial charge in [-0.05, 0) is 26.7 Å². The Kier molecular flexibility index (Phi) is 5.94. The Balaban J connectivity index is 4.81. The van der Waals surface area contributed by atoms with Crippen molar-refractivity contribution in [2.24, 2.45) is 11.7 Å². The van der Waals surface area contributed by atoms with Crippen molar-refractivity contribution in [3.05, 3.63) is 0 Å². The highest BCUT2D eigenvalue weighted by atomic mass is 32.1. The molecule has 0 fully saturated rings. The largest absolute Gasteiger partial charge is 0.393 e. The van der Waals surface area contributed by atoms with Crippen molar-refractivity contribution in [1.82, 2.24) is 4.90 Å². The van der Waals surface area contributed by atoms with E-state index in [1.807, 2.05) is 27.8 Å². The fourth-order valence-corrected chi connectivity index (χ4v) is 1.66. The van der Waals surface area contributed by atoms with E-state index < -0.39 is 0 Å². The number of rotatable bonds is 6. The lowest BCUT2D eigenvalue weighted by molar-refractivity contribution is -0.137. The molecule has 1 amide bonds. The first-order chi connectivity index (χ1) is 7.27. The maximum atomic E-state index is 12.2. The smallest absolute Gasteiger partial charge is 0.232 e. The number of nitrogens with two attached hydrogens (primary N) is 1. The number of thiocarbonyl (C=S) groups is 1. The summed E-state index contributed by atoms with van der Waals surface area (Å²) < 4.78 is 0. The van der Waals surface area contributed by atoms with E-state index in [1.165, 1.54) is 0 Å². The summed E-state index contributed by atoms with van der Waals surface area (Å²) in [5, 5.41) is 0. The number of carbonyl (C=O) groups is 1. The van der Waals surface area contributed by atoms with Crippen molar-refractivity contribution in [3.63, 3.8) is 0 Å². The SMILES string of the molecule is CCCC(C(=O)N(C)C(C)(C)CC)C(N)=S. The summed E-state index contributed by atoms with van der Waals surface area (Å²) in [5.74, 6) is -0.267. The zero-order valence-corrected chi connectivity index (χ0v) is 11.9. The molecule has 0 bridgehead atoms. The third-order valence-corrected chi connectivity index (χ3v) is 3.61. The predicted octanol–water partition coefficient (Wildman–Crippen LogP) is 2.34. The Morgan fingerprint density at radius 3 is 2.25 bits per heavy atom. The van der Waals surface area contributed by atoms with Crippen molar-refractivity contribution < 1.29 is 4.79 Å². The van der Waals surface area contributed by atoms with E-state index in [4.69, 9.17) is 18.0 Å². The van der Waals surface area contributed by atoms with E-state index >= 15 is 0 Å². The van der Waals surface area contributed by atoms with Gasteiger partial charge in [0.05, 0.1) is 10.9 Å². The molecule has 94 valence electrons. The molecule has 16 heavy (non-hydrogen) atoms. The molecule has 1 unspecified atom stereocenters. The van der Waals surface area contributed by atoms with Gasteiger partial charge in [0, 0.05) is 12.6 Å². The van der Waals surface area contributed by atoms with Gasteiger partial charge in [0.2, 0.25) is 5.91 Å². The molecule has 0 aromatic heterocycles. The lowest BCUT2D eigenvalue weighted by Crippen LogP contribution is -2.49. The monoisotopic (exact) mass is 244 g/mol. The van der Waals surface area contributed by atoms with Crippen molar-refractivity contribution in [3.8, 4) is 0 Å². The van der Waals surface area contributed by atoms with E-state index in [1.54, 1.807) is 4.90 Å². The maximum absolute atomic E-state index is 12.2. The minimum Gasteiger partial charge on any atom is -0.393 e. The van der Waals surface area contributed by atoms with Crippen LogP contribution in [0.1, 0.15) is 47.0 Å². The van der Waals surface area contributed by atoms with Gasteiger partial charge < -0.3 is 10.6 Å². The Labute approximate surface area is 104 Å². The van der Waals surface area contributed by atoms with Crippen LogP contribution < -0.4 is 5.73 Å². The second-order valence-corrected chi connectivity index (χ2v) is 5.28. The highest BCUT2D eigenvalue weighted by Crippen LogP contribution is 2.21. The van der Waals surface area contributed by atoms with Crippen LogP contribution in [0.5, 0.6) is 0 Å². The maximum Gasteiger partial charge on any atom is 0.232 e. The summed E-state index contributed by atoms with van der Waals surface area (Å²) in [6, 6.07) is 0. The van der Waals surface area contributed by atoms with E-state index in [0.29, 0.717) is 4.99 Å². The lowest BCUT2D eigenvalue weighted by Gasteiger charge is -2.37. The molecule has 0 heterocycles. The van der Waals surface area contributed by atoms with Gasteiger partial charge in [-0.25, -0.2) is 0 Å². The number of amides is 1. The fourth-order valence-electron chi connectivity index (χ4n) is 1.45. The van der Waals surface area contributed by atoms with Crippen LogP contribution in [0.25, 0.3) is 0 Å². The second kappa shape index (κ2) is 6.18. The fraction of sp³-hybridized carbons (Fsp3) is 0.833. The molecular weight excluding hydrogens is 220 g/mol. The molecule has 0 rings (SSSR count). The van der Waals surface area contributed by atoms with Gasteiger partial charge >= 0.3 is 0 Å². The first kappa shape index (κ1) is 15.4. The van der Waals surface area contributed by atoms with Crippen molar-refractivity contribution >= 4 is 23.1 Å². The first-order valence-electron chi connectivity index (χ1n) is 5.84. The summed E-state index contributed by atoms with van der Waals surface area (Å²) in [6.45, 7) is 8.20. The topological polar surface area (TPSA) is 46.3 Å². The molecule has 0 aromatic carbocycles. The molecule has 0 saturated heterocycles. The molecular formula is C12H24N2OS. The first-order valence-corrected chi connectivity index (χ1v) is 6.25. The van der Waals surface area contributed by atoms with Crippen LogP contribution in [0.3, 0.4) is 0 Å². The average Bonchev–Trinajstić information content (AvgIpc) is 2.23. The van der Waals surface area contributed by atoms with Gasteiger partial charge in [0.1, 0.15) is 0 Å². The standard InChI is InChI=1S/C12H24N2OS/c1-6-8-9(10(13)16)11(15)14(5)12(3,4)7-2/h9H,6-8H2,1-5H3,(H2,13,16). The van der Waals surface area contributed by atoms with Crippen LogP contribution in [0.15, 0.2) is 0 Å². The van der Waals surface area contributed by atoms with Crippen molar-refractivity contribution in [2.45, 2.75) is 52.5 Å². The highest BCUT2D eigenvalue weighted by Gasteiger charge is 2.31. The van der Waals surface area contributed by atoms with Crippen molar-refractivity contribution in [1.29, 1.82) is 0 Å². The molecule has 0 aliphatic rings. The Morgan fingerprint density at radius 2 is 1.94 bits per heavy atom. The van der Waals surface area contributed by atoms with E-state index in [0.717, 1.165) is 19.3 Å². The van der Waals surface area contributed by atoms with E-state index in [9.17, 15) is 4.79 Å². The Bertz CT molecular complexity index is 264. The highest BCUT2D eigenvalue weighted by molar-refractivity contribution is 7.80. The summed E-state index contributed by atoms with van der Waals surface area (Å²) in [4.78, 5) is 14.3. The van der Waals surface area contributed by atoms with E-state index in [-0.39, 0.29) is 17.4 Å². The predicted molar refractivity (Wildman–Crippen MR) is 72.3 cm³/mol. The zero-order chi connectivity index (χ0) is 12.9. The summed E-state index contributed by atoms with van der Waals surface area (Å²) in [7, 11) is 1.83. The average molecular weight is 244 g/mol. The summed E-state index contributed by atoms with van der Waals surface area (Å²) in [6.07, 6.45) is 2.55. The van der Waals surface area contributed by atoms with Crippen molar-refractivity contribution in [2.75, 3.05) is 7.05 Å². The molecule has 2 N–H and O–H groups in total. The van der Waals surface area contributed by atoms with Gasteiger partial charge in [0.25, 0.3) is 0 Å². The summed E-state index contributed by atoms with van der Waals surface area (Å²) >= 11 is 4.97. The van der Waals surface area contributed by atoms with E-state index in [2.05, 4.69) is 6.92 Å². The quantitative estimate of drug-likeness (QED) is 0.729. The van der Waals surface area contributed by atoms with Gasteiger partial charge in [0.15, 0.2) is 0 Å². The molecule has 0 aliphatic carbocycles. The number of hydrogen-bond acceptors (Lipinski definition) is 2. The molecule has 4 heteroatoms. The van der Waals surface area contributed by atoms with Gasteiger partial charge in [-0.15, -0.1) is 0 Å². The molecule has 0 aliphatic heterocycles. The van der Waals surface area contributed by atoms with Crippen LogP contribution >= 0.6 is 12.2 Å². The molecule has 0 radical (unpaired) electrons. The summed E-state index contributed by atoms with van der Waals surface area (Å²) in [5.41, 5.74) is 5.49. The van der Waals surface area contributed by atoms with Crippen LogP contribution in [0.4, 0.5) is 0 Å². The van der Waals surface area contributed by atoms with Crippen LogP contribution in [-0.4, -0.2) is 28.4 Å². The van der Waals surface area contributed by atoms with Gasteiger partial charge in [-0.1, -0.05) is 32.5 Å². The minimum atomic E-state index is -0.309. The zero-order valence-electron chi connectivity index (χ0n) is 11.0. The number of carbonyl (C=O) groups excluding carboxylic acids is 1. The second-order valence-electron chi connectivity index (χ2n) is 4.81.